The van der Waals surface area contributed by atoms with Crippen LogP contribution >= 0.6 is 0 Å². The molecule has 0 saturated carbocycles. The minimum Gasteiger partial charge on any atom is -0.486 e. The average molecular weight is 336 g/mol. The number of hydrogen-bond donors (Lipinski definition) is 3. The maximum atomic E-state index is 12.2. The van der Waals surface area contributed by atoms with Crippen LogP contribution in [0.25, 0.3) is 0 Å². The number of urea groups is 1. The van der Waals surface area contributed by atoms with Gasteiger partial charge in [-0.2, -0.15) is 0 Å². The van der Waals surface area contributed by atoms with Gasteiger partial charge in [0.15, 0.2) is 0 Å². The molecule has 0 spiro atoms. The summed E-state index contributed by atoms with van der Waals surface area (Å²) in [5, 5.41) is 14.3. The molecular formula is C17H24N2O5. The second-order valence-corrected chi connectivity index (χ2v) is 6.46. The zero-order valence-electron chi connectivity index (χ0n) is 14.0. The van der Waals surface area contributed by atoms with E-state index in [1.54, 1.807) is 26.0 Å². The maximum Gasteiger partial charge on any atom is 0.319 e. The summed E-state index contributed by atoms with van der Waals surface area (Å²) in [5.74, 6) is -0.297. The second-order valence-electron chi connectivity index (χ2n) is 6.46. The first-order valence-electron chi connectivity index (χ1n) is 8.00. The van der Waals surface area contributed by atoms with Crippen LogP contribution in [0.2, 0.25) is 0 Å². The molecule has 0 bridgehead atoms. The molecular weight excluding hydrogens is 312 g/mol. The van der Waals surface area contributed by atoms with E-state index in [2.05, 4.69) is 10.6 Å². The molecule has 1 aromatic carbocycles. The van der Waals surface area contributed by atoms with Crippen molar-refractivity contribution in [2.75, 3.05) is 18.5 Å². The molecule has 1 heterocycles. The number of nitrogens with one attached hydrogen (secondary N) is 2. The molecule has 1 aliphatic heterocycles. The standard InChI is InChI=1S/C17H24N2O5/c1-17(2,9-7-15(20)21)19-16(22)18-13-5-3-4-6-14(13)24-12-8-10-23-11-12/h3-6,12H,7-11H2,1-2H3,(H,20,21)(H2,18,19,22). The monoisotopic (exact) mass is 336 g/mol. The predicted octanol–water partition coefficient (Wildman–Crippen LogP) is 2.62. The van der Waals surface area contributed by atoms with Gasteiger partial charge in [0.2, 0.25) is 0 Å². The van der Waals surface area contributed by atoms with Gasteiger partial charge in [-0.3, -0.25) is 4.79 Å². The number of carboxylic acids is 1. The van der Waals surface area contributed by atoms with Gasteiger partial charge in [0.25, 0.3) is 0 Å². The number of benzene rings is 1. The highest BCUT2D eigenvalue weighted by atomic mass is 16.5. The summed E-state index contributed by atoms with van der Waals surface area (Å²) in [6, 6.07) is 6.80. The number of anilines is 1. The molecule has 1 atom stereocenters. The van der Waals surface area contributed by atoms with E-state index in [0.29, 0.717) is 31.1 Å². The van der Waals surface area contributed by atoms with E-state index in [1.165, 1.54) is 0 Å². The van der Waals surface area contributed by atoms with Crippen molar-refractivity contribution < 1.29 is 24.2 Å². The summed E-state index contributed by atoms with van der Waals surface area (Å²) in [4.78, 5) is 22.9. The van der Waals surface area contributed by atoms with Gasteiger partial charge in [-0.25, -0.2) is 4.79 Å². The Hall–Kier alpha value is -2.28. The van der Waals surface area contributed by atoms with Crippen LogP contribution in [-0.4, -0.2) is 42.0 Å². The lowest BCUT2D eigenvalue weighted by Gasteiger charge is -2.26. The number of ether oxygens (including phenoxy) is 2. The van der Waals surface area contributed by atoms with Crippen LogP contribution in [0.4, 0.5) is 10.5 Å². The number of para-hydroxylation sites is 2. The average Bonchev–Trinajstić information content (AvgIpc) is 3.00. The molecule has 0 aliphatic carbocycles. The maximum absolute atomic E-state index is 12.2. The SMILES string of the molecule is CC(C)(CCC(=O)O)NC(=O)Nc1ccccc1OC1CCOC1. The highest BCUT2D eigenvalue weighted by Crippen LogP contribution is 2.26. The zero-order chi connectivity index (χ0) is 17.6. The third kappa shape index (κ3) is 5.73. The molecule has 7 nitrogen and oxygen atoms in total. The molecule has 1 unspecified atom stereocenters. The molecule has 132 valence electrons. The number of aliphatic carboxylic acids is 1. The number of hydrogen-bond acceptors (Lipinski definition) is 4. The van der Waals surface area contributed by atoms with Crippen LogP contribution in [0.3, 0.4) is 0 Å². The molecule has 1 aromatic rings. The molecule has 1 aliphatic rings. The van der Waals surface area contributed by atoms with Crippen LogP contribution < -0.4 is 15.4 Å². The Labute approximate surface area is 141 Å². The summed E-state index contributed by atoms with van der Waals surface area (Å²) in [6.07, 6.45) is 1.15. The van der Waals surface area contributed by atoms with Crippen LogP contribution in [-0.2, 0) is 9.53 Å². The fraction of sp³-hybridized carbons (Fsp3) is 0.529. The van der Waals surface area contributed by atoms with Crippen LogP contribution in [0.5, 0.6) is 5.75 Å². The Bertz CT molecular complexity index is 582. The van der Waals surface area contributed by atoms with Crippen LogP contribution in [0.1, 0.15) is 33.1 Å². The Morgan fingerprint density at radius 2 is 2.12 bits per heavy atom. The van der Waals surface area contributed by atoms with Gasteiger partial charge in [0.05, 0.1) is 18.9 Å². The van der Waals surface area contributed by atoms with E-state index in [0.717, 1.165) is 6.42 Å². The number of carboxylic acid groups (broad SMARTS) is 1. The smallest absolute Gasteiger partial charge is 0.319 e. The lowest BCUT2D eigenvalue weighted by molar-refractivity contribution is -0.137. The van der Waals surface area contributed by atoms with Crippen LogP contribution in [0.15, 0.2) is 24.3 Å². The van der Waals surface area contributed by atoms with Crippen molar-refractivity contribution in [2.45, 2.75) is 44.8 Å². The number of amides is 2. The summed E-state index contributed by atoms with van der Waals surface area (Å²) >= 11 is 0. The fourth-order valence-electron chi connectivity index (χ4n) is 2.40. The van der Waals surface area contributed by atoms with Gasteiger partial charge in [-0.05, 0) is 32.4 Å². The zero-order valence-corrected chi connectivity index (χ0v) is 14.0. The fourth-order valence-corrected chi connectivity index (χ4v) is 2.40. The van der Waals surface area contributed by atoms with Gasteiger partial charge in [0, 0.05) is 18.4 Å². The molecule has 7 heteroatoms. The van der Waals surface area contributed by atoms with E-state index >= 15 is 0 Å². The van der Waals surface area contributed by atoms with Gasteiger partial charge in [-0.1, -0.05) is 12.1 Å². The summed E-state index contributed by atoms with van der Waals surface area (Å²) < 4.78 is 11.2. The number of carbonyl (C=O) groups is 2. The lowest BCUT2D eigenvalue weighted by atomic mass is 9.99. The van der Waals surface area contributed by atoms with Crippen molar-refractivity contribution >= 4 is 17.7 Å². The Morgan fingerprint density at radius 3 is 2.79 bits per heavy atom. The van der Waals surface area contributed by atoms with E-state index in [-0.39, 0.29) is 12.5 Å². The van der Waals surface area contributed by atoms with Gasteiger partial charge in [0.1, 0.15) is 11.9 Å². The van der Waals surface area contributed by atoms with E-state index < -0.39 is 17.5 Å². The first-order valence-corrected chi connectivity index (χ1v) is 8.00. The third-order valence-corrected chi connectivity index (χ3v) is 3.73. The van der Waals surface area contributed by atoms with Crippen molar-refractivity contribution in [1.29, 1.82) is 0 Å². The topological polar surface area (TPSA) is 96.9 Å². The van der Waals surface area contributed by atoms with Crippen LogP contribution in [0, 0.1) is 0 Å². The molecule has 3 N–H and O–H groups in total. The second kappa shape index (κ2) is 8.01. The van der Waals surface area contributed by atoms with Crippen molar-refractivity contribution in [2.24, 2.45) is 0 Å². The Kier molecular flexibility index (Phi) is 6.03. The van der Waals surface area contributed by atoms with Gasteiger partial charge >= 0.3 is 12.0 Å². The van der Waals surface area contributed by atoms with E-state index in [1.807, 2.05) is 12.1 Å². The van der Waals surface area contributed by atoms with Crippen molar-refractivity contribution in [1.82, 2.24) is 5.32 Å². The Balaban J connectivity index is 1.94. The van der Waals surface area contributed by atoms with E-state index in [4.69, 9.17) is 14.6 Å². The molecule has 0 aromatic heterocycles. The molecule has 0 radical (unpaired) electrons. The van der Waals surface area contributed by atoms with Crippen molar-refractivity contribution in [3.8, 4) is 5.75 Å². The quantitative estimate of drug-likeness (QED) is 0.711. The minimum absolute atomic E-state index is 0.00530. The first-order chi connectivity index (χ1) is 11.4. The van der Waals surface area contributed by atoms with Gasteiger partial charge in [-0.15, -0.1) is 0 Å². The number of rotatable bonds is 7. The molecule has 24 heavy (non-hydrogen) atoms. The minimum atomic E-state index is -0.886. The summed E-state index contributed by atoms with van der Waals surface area (Å²) in [7, 11) is 0. The molecule has 1 saturated heterocycles. The third-order valence-electron chi connectivity index (χ3n) is 3.73. The van der Waals surface area contributed by atoms with Gasteiger partial charge < -0.3 is 25.2 Å². The first kappa shape index (κ1) is 18.1. The molecule has 1 fully saturated rings. The highest BCUT2D eigenvalue weighted by molar-refractivity contribution is 5.91. The Morgan fingerprint density at radius 1 is 1.38 bits per heavy atom. The molecule has 2 amide bonds. The largest absolute Gasteiger partial charge is 0.486 e. The predicted molar refractivity (Wildman–Crippen MR) is 89.4 cm³/mol. The summed E-state index contributed by atoms with van der Waals surface area (Å²) in [6.45, 7) is 4.79. The summed E-state index contributed by atoms with van der Waals surface area (Å²) in [5.41, 5.74) is -0.0617. The molecule has 2 rings (SSSR count). The highest BCUT2D eigenvalue weighted by Gasteiger charge is 2.23. The number of carbonyl (C=O) groups excluding carboxylic acids is 1. The van der Waals surface area contributed by atoms with Crippen molar-refractivity contribution in [3.05, 3.63) is 24.3 Å². The lowest BCUT2D eigenvalue weighted by Crippen LogP contribution is -2.45. The van der Waals surface area contributed by atoms with Crippen molar-refractivity contribution in [3.63, 3.8) is 0 Å². The normalized spacial score (nSPS) is 17.3. The van der Waals surface area contributed by atoms with E-state index in [9.17, 15) is 9.59 Å².